The van der Waals surface area contributed by atoms with Crippen LogP contribution in [0, 0.1) is 5.92 Å². The standard InChI is InChI=1S/C12H19F3N2O3/c1-11(2,9(18)19)16(3)10(20)17-6-4-8(5-7-17)12(13,14)15/h8H,4-7H2,1-3H3,(H,18,19). The Morgan fingerprint density at radius 1 is 1.20 bits per heavy atom. The van der Waals surface area contributed by atoms with Crippen molar-refractivity contribution in [1.82, 2.24) is 9.80 Å². The number of piperidine rings is 1. The lowest BCUT2D eigenvalue weighted by Crippen LogP contribution is -2.56. The van der Waals surface area contributed by atoms with Crippen molar-refractivity contribution in [1.29, 1.82) is 0 Å². The number of rotatable bonds is 2. The normalized spacial score (nSPS) is 18.0. The lowest BCUT2D eigenvalue weighted by molar-refractivity contribution is -0.183. The third-order valence-electron chi connectivity index (χ3n) is 3.88. The smallest absolute Gasteiger partial charge is 0.391 e. The molecule has 20 heavy (non-hydrogen) atoms. The topological polar surface area (TPSA) is 60.9 Å². The van der Waals surface area contributed by atoms with Crippen LogP contribution in [0.1, 0.15) is 26.7 Å². The van der Waals surface area contributed by atoms with Gasteiger partial charge in [-0.2, -0.15) is 13.2 Å². The van der Waals surface area contributed by atoms with E-state index < -0.39 is 29.6 Å². The third-order valence-corrected chi connectivity index (χ3v) is 3.88. The molecule has 0 saturated carbocycles. The highest BCUT2D eigenvalue weighted by Crippen LogP contribution is 2.34. The molecule has 0 aromatic carbocycles. The van der Waals surface area contributed by atoms with E-state index in [1.807, 2.05) is 0 Å². The maximum atomic E-state index is 12.5. The first-order valence-corrected chi connectivity index (χ1v) is 6.30. The summed E-state index contributed by atoms with van der Waals surface area (Å²) in [6, 6.07) is -0.557. The number of nitrogens with zero attached hydrogens (tertiary/aromatic N) is 2. The molecule has 0 aliphatic carbocycles. The zero-order valence-corrected chi connectivity index (χ0v) is 11.7. The number of carbonyl (C=O) groups excluding carboxylic acids is 1. The van der Waals surface area contributed by atoms with Gasteiger partial charge >= 0.3 is 18.2 Å². The number of hydrogen-bond acceptors (Lipinski definition) is 2. The maximum Gasteiger partial charge on any atom is 0.391 e. The molecular formula is C12H19F3N2O3. The Kier molecular flexibility index (Phi) is 4.55. The van der Waals surface area contributed by atoms with Crippen molar-refractivity contribution in [3.63, 3.8) is 0 Å². The van der Waals surface area contributed by atoms with Crippen molar-refractivity contribution < 1.29 is 27.9 Å². The van der Waals surface area contributed by atoms with Crippen LogP contribution >= 0.6 is 0 Å². The Hall–Kier alpha value is -1.47. The fourth-order valence-electron chi connectivity index (χ4n) is 1.99. The van der Waals surface area contributed by atoms with Crippen LogP contribution in [0.4, 0.5) is 18.0 Å². The summed E-state index contributed by atoms with van der Waals surface area (Å²) >= 11 is 0. The molecule has 116 valence electrons. The zero-order valence-electron chi connectivity index (χ0n) is 11.7. The van der Waals surface area contributed by atoms with Gasteiger partial charge in [-0.3, -0.25) is 0 Å². The Balaban J connectivity index is 2.66. The number of hydrogen-bond donors (Lipinski definition) is 1. The van der Waals surface area contributed by atoms with Gasteiger partial charge in [0.15, 0.2) is 0 Å². The molecule has 0 bridgehead atoms. The largest absolute Gasteiger partial charge is 0.480 e. The van der Waals surface area contributed by atoms with Crippen LogP contribution in [-0.2, 0) is 4.79 Å². The fourth-order valence-corrected chi connectivity index (χ4v) is 1.99. The number of alkyl halides is 3. The van der Waals surface area contributed by atoms with Crippen LogP contribution in [0.5, 0.6) is 0 Å². The molecule has 1 aliphatic rings. The third kappa shape index (κ3) is 3.34. The summed E-state index contributed by atoms with van der Waals surface area (Å²) in [6.07, 6.45) is -4.52. The van der Waals surface area contributed by atoms with E-state index in [9.17, 15) is 22.8 Å². The quantitative estimate of drug-likeness (QED) is 0.849. The molecule has 5 nitrogen and oxygen atoms in total. The van der Waals surface area contributed by atoms with Crippen molar-refractivity contribution in [3.8, 4) is 0 Å². The molecule has 1 saturated heterocycles. The van der Waals surface area contributed by atoms with Gasteiger partial charge in [0.1, 0.15) is 5.54 Å². The van der Waals surface area contributed by atoms with Gasteiger partial charge in [-0.1, -0.05) is 0 Å². The van der Waals surface area contributed by atoms with Crippen LogP contribution in [-0.4, -0.2) is 58.8 Å². The molecule has 0 aromatic rings. The highest BCUT2D eigenvalue weighted by molar-refractivity contribution is 5.85. The van der Waals surface area contributed by atoms with Gasteiger partial charge < -0.3 is 14.9 Å². The Morgan fingerprint density at radius 2 is 1.65 bits per heavy atom. The summed E-state index contributed by atoms with van der Waals surface area (Å²) in [5.74, 6) is -2.55. The van der Waals surface area contributed by atoms with E-state index >= 15 is 0 Å². The van der Waals surface area contributed by atoms with Crippen molar-refractivity contribution in [3.05, 3.63) is 0 Å². The summed E-state index contributed by atoms with van der Waals surface area (Å²) in [5, 5.41) is 9.05. The first-order valence-electron chi connectivity index (χ1n) is 6.30. The Labute approximate surface area is 115 Å². The zero-order chi connectivity index (χ0) is 15.7. The highest BCUT2D eigenvalue weighted by atomic mass is 19.4. The number of urea groups is 1. The summed E-state index contributed by atoms with van der Waals surface area (Å²) in [4.78, 5) is 25.5. The van der Waals surface area contributed by atoms with Gasteiger partial charge in [0, 0.05) is 20.1 Å². The van der Waals surface area contributed by atoms with Gasteiger partial charge in [0.2, 0.25) is 0 Å². The SMILES string of the molecule is CN(C(=O)N1CCC(C(F)(F)F)CC1)C(C)(C)C(=O)O. The number of carbonyl (C=O) groups is 2. The minimum atomic E-state index is -4.23. The average molecular weight is 296 g/mol. The van der Waals surface area contributed by atoms with E-state index in [-0.39, 0.29) is 25.9 Å². The van der Waals surface area contributed by atoms with Crippen molar-refractivity contribution in [2.45, 2.75) is 38.4 Å². The number of carboxylic acid groups (broad SMARTS) is 1. The molecule has 0 spiro atoms. The minimum Gasteiger partial charge on any atom is -0.480 e. The predicted molar refractivity (Wildman–Crippen MR) is 65.2 cm³/mol. The van der Waals surface area contributed by atoms with Crippen molar-refractivity contribution in [2.75, 3.05) is 20.1 Å². The van der Waals surface area contributed by atoms with E-state index in [1.54, 1.807) is 0 Å². The molecule has 0 atom stereocenters. The van der Waals surface area contributed by atoms with Crippen LogP contribution in [0.15, 0.2) is 0 Å². The summed E-state index contributed by atoms with van der Waals surface area (Å²) < 4.78 is 37.6. The number of aliphatic carboxylic acids is 1. The molecule has 0 unspecified atom stereocenters. The average Bonchev–Trinajstić information content (AvgIpc) is 2.35. The molecular weight excluding hydrogens is 277 g/mol. The highest BCUT2D eigenvalue weighted by Gasteiger charge is 2.43. The summed E-state index contributed by atoms with van der Waals surface area (Å²) in [7, 11) is 1.34. The second-order valence-corrected chi connectivity index (χ2v) is 5.51. The number of likely N-dealkylation sites (N-methyl/N-ethyl adjacent to an activating group) is 1. The van der Waals surface area contributed by atoms with E-state index in [1.165, 1.54) is 25.8 Å². The molecule has 0 radical (unpaired) electrons. The Morgan fingerprint density at radius 3 is 2.00 bits per heavy atom. The lowest BCUT2D eigenvalue weighted by atomic mass is 9.96. The monoisotopic (exact) mass is 296 g/mol. The van der Waals surface area contributed by atoms with E-state index in [0.717, 1.165) is 4.90 Å². The molecule has 1 rings (SSSR count). The molecule has 1 fully saturated rings. The summed E-state index contributed by atoms with van der Waals surface area (Å²) in [5.41, 5.74) is -1.40. The van der Waals surface area contributed by atoms with E-state index in [2.05, 4.69) is 0 Å². The second kappa shape index (κ2) is 5.49. The van der Waals surface area contributed by atoms with Gasteiger partial charge in [-0.05, 0) is 26.7 Å². The van der Waals surface area contributed by atoms with Crippen molar-refractivity contribution in [2.24, 2.45) is 5.92 Å². The lowest BCUT2D eigenvalue weighted by Gasteiger charge is -2.39. The molecule has 1 N–H and O–H groups in total. The number of carboxylic acids is 1. The van der Waals surface area contributed by atoms with Crippen LogP contribution in [0.2, 0.25) is 0 Å². The maximum absolute atomic E-state index is 12.5. The van der Waals surface area contributed by atoms with Gasteiger partial charge in [0.05, 0.1) is 5.92 Å². The van der Waals surface area contributed by atoms with Gasteiger partial charge in [-0.25, -0.2) is 9.59 Å². The van der Waals surface area contributed by atoms with Crippen LogP contribution in [0.25, 0.3) is 0 Å². The molecule has 2 amide bonds. The number of likely N-dealkylation sites (tertiary alicyclic amines) is 1. The molecule has 8 heteroatoms. The van der Waals surface area contributed by atoms with Crippen LogP contribution < -0.4 is 0 Å². The number of amides is 2. The molecule has 1 aliphatic heterocycles. The minimum absolute atomic E-state index is 0.0109. The van der Waals surface area contributed by atoms with E-state index in [4.69, 9.17) is 5.11 Å². The first-order chi connectivity index (χ1) is 8.98. The molecule has 0 aromatic heterocycles. The second-order valence-electron chi connectivity index (χ2n) is 5.51. The first kappa shape index (κ1) is 16.6. The predicted octanol–water partition coefficient (Wildman–Crippen LogP) is 2.18. The van der Waals surface area contributed by atoms with Gasteiger partial charge in [-0.15, -0.1) is 0 Å². The fraction of sp³-hybridized carbons (Fsp3) is 0.833. The van der Waals surface area contributed by atoms with Gasteiger partial charge in [0.25, 0.3) is 0 Å². The van der Waals surface area contributed by atoms with Crippen molar-refractivity contribution >= 4 is 12.0 Å². The summed E-state index contributed by atoms with van der Waals surface area (Å²) in [6.45, 7) is 2.72. The number of halogens is 3. The molecule has 1 heterocycles. The van der Waals surface area contributed by atoms with E-state index in [0.29, 0.717) is 0 Å². The van der Waals surface area contributed by atoms with Crippen LogP contribution in [0.3, 0.4) is 0 Å². The Bertz CT molecular complexity index is 388.